The fourth-order valence-corrected chi connectivity index (χ4v) is 3.06. The summed E-state index contributed by atoms with van der Waals surface area (Å²) in [5, 5.41) is 0. The Hall–Kier alpha value is -0.860. The summed E-state index contributed by atoms with van der Waals surface area (Å²) >= 11 is 0. The van der Waals surface area contributed by atoms with Crippen LogP contribution in [0.1, 0.15) is 49.8 Å². The Morgan fingerprint density at radius 3 is 2.56 bits per heavy atom. The van der Waals surface area contributed by atoms with Gasteiger partial charge in [-0.25, -0.2) is 0 Å². The van der Waals surface area contributed by atoms with Crippen LogP contribution in [0.5, 0.6) is 0 Å². The molecule has 0 spiro atoms. The van der Waals surface area contributed by atoms with Crippen LogP contribution >= 0.6 is 0 Å². The maximum atomic E-state index is 6.50. The van der Waals surface area contributed by atoms with E-state index in [1.165, 1.54) is 24.0 Å². The van der Waals surface area contributed by atoms with Gasteiger partial charge in [0, 0.05) is 7.11 Å². The second-order valence-corrected chi connectivity index (χ2v) is 5.84. The molecule has 18 heavy (non-hydrogen) atoms. The van der Waals surface area contributed by atoms with E-state index in [-0.39, 0.29) is 11.6 Å². The first-order valence-corrected chi connectivity index (χ1v) is 6.95. The number of methoxy groups -OCH3 is 1. The third-order valence-corrected chi connectivity index (χ3v) is 4.50. The van der Waals surface area contributed by atoms with Crippen LogP contribution in [0.25, 0.3) is 0 Å². The highest BCUT2D eigenvalue weighted by Gasteiger charge is 2.40. The first kappa shape index (κ1) is 13.6. The van der Waals surface area contributed by atoms with E-state index in [0.29, 0.717) is 0 Å². The standard InChI is InChI=1S/C16H25NO/c1-12-7-9-16(18-3,10-8-12)15(17)14-6-4-5-13(2)11-14/h4-6,11-12,15H,7-10,17H2,1-3H3. The van der Waals surface area contributed by atoms with Gasteiger partial charge in [-0.3, -0.25) is 0 Å². The van der Waals surface area contributed by atoms with Crippen molar-refractivity contribution in [3.63, 3.8) is 0 Å². The number of hydrogen-bond acceptors (Lipinski definition) is 2. The summed E-state index contributed by atoms with van der Waals surface area (Å²) in [7, 11) is 1.81. The number of aryl methyl sites for hydroxylation is 1. The molecule has 2 nitrogen and oxygen atoms in total. The van der Waals surface area contributed by atoms with Crippen molar-refractivity contribution in [2.75, 3.05) is 7.11 Å². The molecular formula is C16H25NO. The number of ether oxygens (including phenoxy) is 1. The van der Waals surface area contributed by atoms with Crippen molar-refractivity contribution in [2.24, 2.45) is 11.7 Å². The van der Waals surface area contributed by atoms with Crippen molar-refractivity contribution in [1.29, 1.82) is 0 Å². The molecule has 1 saturated carbocycles. The molecule has 1 aliphatic rings. The van der Waals surface area contributed by atoms with Gasteiger partial charge >= 0.3 is 0 Å². The molecule has 0 amide bonds. The molecule has 1 atom stereocenters. The monoisotopic (exact) mass is 247 g/mol. The Labute approximate surface area is 111 Å². The van der Waals surface area contributed by atoms with E-state index in [0.717, 1.165) is 18.8 Å². The highest BCUT2D eigenvalue weighted by atomic mass is 16.5. The van der Waals surface area contributed by atoms with Crippen molar-refractivity contribution in [3.8, 4) is 0 Å². The lowest BCUT2D eigenvalue weighted by atomic mass is 9.73. The molecule has 2 heteroatoms. The Balaban J connectivity index is 2.22. The molecule has 0 aliphatic heterocycles. The van der Waals surface area contributed by atoms with Gasteiger partial charge in [-0.05, 0) is 44.1 Å². The average Bonchev–Trinajstić information content (AvgIpc) is 2.39. The number of rotatable bonds is 3. The van der Waals surface area contributed by atoms with Crippen LogP contribution in [0.4, 0.5) is 0 Å². The van der Waals surface area contributed by atoms with Gasteiger partial charge in [0.2, 0.25) is 0 Å². The predicted molar refractivity (Wildman–Crippen MR) is 75.5 cm³/mol. The molecule has 1 aromatic carbocycles. The SMILES string of the molecule is COC1(C(N)c2cccc(C)c2)CCC(C)CC1. The van der Waals surface area contributed by atoms with E-state index in [1.54, 1.807) is 0 Å². The van der Waals surface area contributed by atoms with Gasteiger partial charge in [-0.2, -0.15) is 0 Å². The highest BCUT2D eigenvalue weighted by molar-refractivity contribution is 5.27. The smallest absolute Gasteiger partial charge is 0.0870 e. The molecular weight excluding hydrogens is 222 g/mol. The molecule has 0 radical (unpaired) electrons. The minimum atomic E-state index is -0.166. The number of nitrogens with two attached hydrogens (primary N) is 1. The van der Waals surface area contributed by atoms with Crippen molar-refractivity contribution in [2.45, 2.75) is 51.2 Å². The highest BCUT2D eigenvalue weighted by Crippen LogP contribution is 2.41. The van der Waals surface area contributed by atoms with E-state index in [1.807, 2.05) is 7.11 Å². The molecule has 1 aromatic rings. The van der Waals surface area contributed by atoms with Gasteiger partial charge in [-0.15, -0.1) is 0 Å². The van der Waals surface area contributed by atoms with Crippen molar-refractivity contribution in [1.82, 2.24) is 0 Å². The maximum absolute atomic E-state index is 6.50. The lowest BCUT2D eigenvalue weighted by molar-refractivity contribution is -0.0672. The lowest BCUT2D eigenvalue weighted by Crippen LogP contribution is -2.45. The van der Waals surface area contributed by atoms with Crippen LogP contribution in [-0.4, -0.2) is 12.7 Å². The molecule has 2 N–H and O–H groups in total. The largest absolute Gasteiger partial charge is 0.376 e. The molecule has 1 unspecified atom stereocenters. The molecule has 0 aromatic heterocycles. The number of hydrogen-bond donors (Lipinski definition) is 1. The molecule has 2 rings (SSSR count). The molecule has 0 heterocycles. The maximum Gasteiger partial charge on any atom is 0.0870 e. The second-order valence-electron chi connectivity index (χ2n) is 5.84. The topological polar surface area (TPSA) is 35.2 Å². The van der Waals surface area contributed by atoms with E-state index in [9.17, 15) is 0 Å². The number of benzene rings is 1. The minimum Gasteiger partial charge on any atom is -0.376 e. The van der Waals surface area contributed by atoms with Crippen LogP contribution < -0.4 is 5.73 Å². The Bertz CT molecular complexity index is 394. The van der Waals surface area contributed by atoms with E-state index in [4.69, 9.17) is 10.5 Å². The summed E-state index contributed by atoms with van der Waals surface area (Å²) in [5.41, 5.74) is 8.80. The predicted octanol–water partition coefficient (Wildman–Crippen LogP) is 3.59. The van der Waals surface area contributed by atoms with Gasteiger partial charge in [0.1, 0.15) is 0 Å². The normalized spacial score (nSPS) is 30.1. The molecule has 1 aliphatic carbocycles. The van der Waals surface area contributed by atoms with Gasteiger partial charge in [0.25, 0.3) is 0 Å². The van der Waals surface area contributed by atoms with Crippen LogP contribution in [0, 0.1) is 12.8 Å². The third kappa shape index (κ3) is 2.60. The average molecular weight is 247 g/mol. The fraction of sp³-hybridized carbons (Fsp3) is 0.625. The zero-order valence-electron chi connectivity index (χ0n) is 11.8. The summed E-state index contributed by atoms with van der Waals surface area (Å²) in [6, 6.07) is 8.48. The summed E-state index contributed by atoms with van der Waals surface area (Å²) in [6.45, 7) is 4.43. The van der Waals surface area contributed by atoms with Gasteiger partial charge in [0.05, 0.1) is 11.6 Å². The molecule has 0 bridgehead atoms. The summed E-state index contributed by atoms with van der Waals surface area (Å²) < 4.78 is 5.86. The van der Waals surface area contributed by atoms with Crippen LogP contribution in [0.15, 0.2) is 24.3 Å². The van der Waals surface area contributed by atoms with Crippen molar-refractivity contribution in [3.05, 3.63) is 35.4 Å². The third-order valence-electron chi connectivity index (χ3n) is 4.50. The van der Waals surface area contributed by atoms with E-state index >= 15 is 0 Å². The van der Waals surface area contributed by atoms with Crippen molar-refractivity contribution >= 4 is 0 Å². The first-order chi connectivity index (χ1) is 8.57. The minimum absolute atomic E-state index is 0.0186. The zero-order chi connectivity index (χ0) is 13.2. The Kier molecular flexibility index (Phi) is 4.08. The molecule has 100 valence electrons. The van der Waals surface area contributed by atoms with Crippen LogP contribution in [0.3, 0.4) is 0 Å². The summed E-state index contributed by atoms with van der Waals surface area (Å²) in [4.78, 5) is 0. The zero-order valence-corrected chi connectivity index (χ0v) is 11.8. The summed E-state index contributed by atoms with van der Waals surface area (Å²) in [5.74, 6) is 0.804. The molecule has 1 fully saturated rings. The van der Waals surface area contributed by atoms with Crippen LogP contribution in [-0.2, 0) is 4.74 Å². The van der Waals surface area contributed by atoms with Gasteiger partial charge in [0.15, 0.2) is 0 Å². The quantitative estimate of drug-likeness (QED) is 0.886. The van der Waals surface area contributed by atoms with E-state index in [2.05, 4.69) is 38.1 Å². The lowest BCUT2D eigenvalue weighted by Gasteiger charge is -2.42. The second kappa shape index (κ2) is 5.41. The van der Waals surface area contributed by atoms with Crippen LogP contribution in [0.2, 0.25) is 0 Å². The summed E-state index contributed by atoms with van der Waals surface area (Å²) in [6.07, 6.45) is 4.57. The first-order valence-electron chi connectivity index (χ1n) is 6.95. The molecule has 0 saturated heterocycles. The van der Waals surface area contributed by atoms with Crippen molar-refractivity contribution < 1.29 is 4.74 Å². The van der Waals surface area contributed by atoms with E-state index < -0.39 is 0 Å². The van der Waals surface area contributed by atoms with Gasteiger partial charge in [-0.1, -0.05) is 36.8 Å². The fourth-order valence-electron chi connectivity index (χ4n) is 3.06. The van der Waals surface area contributed by atoms with Gasteiger partial charge < -0.3 is 10.5 Å². The Morgan fingerprint density at radius 1 is 1.33 bits per heavy atom. The Morgan fingerprint density at radius 2 is 2.00 bits per heavy atom.